The second-order valence-electron chi connectivity index (χ2n) is 4.63. The first kappa shape index (κ1) is 14.2. The molecule has 0 spiro atoms. The van der Waals surface area contributed by atoms with Gasteiger partial charge in [-0.25, -0.2) is 4.98 Å². The summed E-state index contributed by atoms with van der Waals surface area (Å²) in [7, 11) is 0. The van der Waals surface area contributed by atoms with Gasteiger partial charge in [-0.2, -0.15) is 0 Å². The highest BCUT2D eigenvalue weighted by Gasteiger charge is 2.03. The van der Waals surface area contributed by atoms with Gasteiger partial charge in [0.1, 0.15) is 5.82 Å². The molecular formula is C15H20N4O. The molecule has 2 rings (SSSR count). The average Bonchev–Trinajstić information content (AvgIpc) is 2.92. The van der Waals surface area contributed by atoms with Crippen molar-refractivity contribution < 1.29 is 4.79 Å². The van der Waals surface area contributed by atoms with E-state index in [2.05, 4.69) is 26.8 Å². The van der Waals surface area contributed by atoms with Gasteiger partial charge in [0.2, 0.25) is 5.91 Å². The van der Waals surface area contributed by atoms with Crippen LogP contribution in [0.1, 0.15) is 24.7 Å². The topological polar surface area (TPSA) is 59.8 Å². The molecular weight excluding hydrogens is 252 g/mol. The lowest BCUT2D eigenvalue weighted by molar-refractivity contribution is -0.120. The minimum absolute atomic E-state index is 0.0533. The maximum Gasteiger partial charge on any atom is 0.224 e. The van der Waals surface area contributed by atoms with Crippen LogP contribution in [0.3, 0.4) is 0 Å². The van der Waals surface area contributed by atoms with E-state index in [1.807, 2.05) is 24.5 Å². The van der Waals surface area contributed by atoms with Crippen LogP contribution >= 0.6 is 0 Å². The van der Waals surface area contributed by atoms with E-state index in [1.165, 1.54) is 0 Å². The summed E-state index contributed by atoms with van der Waals surface area (Å²) in [6.07, 6.45) is 9.46. The van der Waals surface area contributed by atoms with E-state index in [1.54, 1.807) is 12.4 Å². The molecule has 0 unspecified atom stereocenters. The summed E-state index contributed by atoms with van der Waals surface area (Å²) in [5, 5.41) is 2.94. The molecule has 106 valence electrons. The molecule has 0 aliphatic carbocycles. The monoisotopic (exact) mass is 272 g/mol. The highest BCUT2D eigenvalue weighted by atomic mass is 16.1. The van der Waals surface area contributed by atoms with Gasteiger partial charge in [-0.15, -0.1) is 0 Å². The van der Waals surface area contributed by atoms with E-state index in [9.17, 15) is 4.79 Å². The van der Waals surface area contributed by atoms with E-state index in [4.69, 9.17) is 0 Å². The number of rotatable bonds is 7. The summed E-state index contributed by atoms with van der Waals surface area (Å²) in [6.45, 7) is 3.67. The largest absolute Gasteiger partial charge is 0.356 e. The molecule has 0 aliphatic rings. The van der Waals surface area contributed by atoms with Gasteiger partial charge in [0.25, 0.3) is 0 Å². The molecule has 2 aromatic rings. The van der Waals surface area contributed by atoms with Crippen LogP contribution in [-0.4, -0.2) is 27.0 Å². The molecule has 5 nitrogen and oxygen atoms in total. The summed E-state index contributed by atoms with van der Waals surface area (Å²) >= 11 is 0. The number of carbonyl (C=O) groups is 1. The van der Waals surface area contributed by atoms with Gasteiger partial charge in [0.15, 0.2) is 0 Å². The van der Waals surface area contributed by atoms with Crippen molar-refractivity contribution in [1.29, 1.82) is 0 Å². The Morgan fingerprint density at radius 1 is 1.30 bits per heavy atom. The van der Waals surface area contributed by atoms with Crippen LogP contribution in [0.2, 0.25) is 0 Å². The number of hydrogen-bond acceptors (Lipinski definition) is 3. The summed E-state index contributed by atoms with van der Waals surface area (Å²) < 4.78 is 2.13. The fourth-order valence-corrected chi connectivity index (χ4v) is 2.08. The summed E-state index contributed by atoms with van der Waals surface area (Å²) in [5.41, 5.74) is 0.986. The van der Waals surface area contributed by atoms with E-state index < -0.39 is 0 Å². The van der Waals surface area contributed by atoms with Crippen molar-refractivity contribution in [2.45, 2.75) is 32.7 Å². The molecule has 0 saturated carbocycles. The first-order valence-electron chi connectivity index (χ1n) is 6.95. The molecule has 0 saturated heterocycles. The Kier molecular flexibility index (Phi) is 5.29. The molecule has 0 fully saturated rings. The maximum absolute atomic E-state index is 11.7. The van der Waals surface area contributed by atoms with Crippen molar-refractivity contribution in [1.82, 2.24) is 19.9 Å². The Labute approximate surface area is 119 Å². The van der Waals surface area contributed by atoms with Gasteiger partial charge in [-0.3, -0.25) is 9.78 Å². The normalized spacial score (nSPS) is 10.4. The summed E-state index contributed by atoms with van der Waals surface area (Å²) in [6, 6.07) is 3.72. The molecule has 0 atom stereocenters. The molecule has 0 bridgehead atoms. The third-order valence-electron chi connectivity index (χ3n) is 3.13. The summed E-state index contributed by atoms with van der Waals surface area (Å²) in [4.78, 5) is 20.0. The van der Waals surface area contributed by atoms with Crippen LogP contribution in [0, 0.1) is 0 Å². The number of nitrogens with one attached hydrogen (secondary N) is 1. The zero-order valence-corrected chi connectivity index (χ0v) is 11.7. The number of hydrogen-bond donors (Lipinski definition) is 1. The second kappa shape index (κ2) is 7.43. The van der Waals surface area contributed by atoms with E-state index in [0.717, 1.165) is 30.8 Å². The predicted molar refractivity (Wildman–Crippen MR) is 77.2 cm³/mol. The highest BCUT2D eigenvalue weighted by molar-refractivity contribution is 5.78. The standard InChI is InChI=1S/C15H20N4O/c1-2-14-17-9-11-19(14)10-3-6-18-15(20)12-13-4-7-16-8-5-13/h4-5,7-9,11H,2-3,6,10,12H2,1H3,(H,18,20). The lowest BCUT2D eigenvalue weighted by atomic mass is 10.2. The predicted octanol–water partition coefficient (Wildman–Crippen LogP) is 1.59. The molecule has 2 aromatic heterocycles. The third-order valence-corrected chi connectivity index (χ3v) is 3.13. The van der Waals surface area contributed by atoms with Gasteiger partial charge in [0, 0.05) is 44.3 Å². The SMILES string of the molecule is CCc1nccn1CCCNC(=O)Cc1ccncc1. The van der Waals surface area contributed by atoms with Crippen molar-refractivity contribution in [2.75, 3.05) is 6.54 Å². The van der Waals surface area contributed by atoms with Gasteiger partial charge < -0.3 is 9.88 Å². The first-order valence-corrected chi connectivity index (χ1v) is 6.95. The fourth-order valence-electron chi connectivity index (χ4n) is 2.08. The number of aromatic nitrogens is 3. The molecule has 2 heterocycles. The van der Waals surface area contributed by atoms with Crippen LogP contribution in [0.5, 0.6) is 0 Å². The Hall–Kier alpha value is -2.17. The van der Waals surface area contributed by atoms with Gasteiger partial charge in [0.05, 0.1) is 6.42 Å². The van der Waals surface area contributed by atoms with Crippen molar-refractivity contribution in [3.63, 3.8) is 0 Å². The Bertz CT molecular complexity index is 536. The minimum atomic E-state index is 0.0533. The quantitative estimate of drug-likeness (QED) is 0.779. The van der Waals surface area contributed by atoms with Crippen molar-refractivity contribution in [3.05, 3.63) is 48.3 Å². The minimum Gasteiger partial charge on any atom is -0.356 e. The molecule has 5 heteroatoms. The van der Waals surface area contributed by atoms with Crippen molar-refractivity contribution in [2.24, 2.45) is 0 Å². The maximum atomic E-state index is 11.7. The fraction of sp³-hybridized carbons (Fsp3) is 0.400. The van der Waals surface area contributed by atoms with Crippen LogP contribution in [0.15, 0.2) is 36.9 Å². The van der Waals surface area contributed by atoms with E-state index in [0.29, 0.717) is 13.0 Å². The third kappa shape index (κ3) is 4.19. The molecule has 1 N–H and O–H groups in total. The first-order chi connectivity index (χ1) is 9.79. The Balaban J connectivity index is 1.67. The van der Waals surface area contributed by atoms with Crippen LogP contribution in [0.4, 0.5) is 0 Å². The molecule has 0 aliphatic heterocycles. The van der Waals surface area contributed by atoms with Gasteiger partial charge >= 0.3 is 0 Å². The van der Waals surface area contributed by atoms with Crippen LogP contribution in [0.25, 0.3) is 0 Å². The van der Waals surface area contributed by atoms with E-state index >= 15 is 0 Å². The van der Waals surface area contributed by atoms with Crippen LogP contribution < -0.4 is 5.32 Å². The molecule has 0 radical (unpaired) electrons. The van der Waals surface area contributed by atoms with E-state index in [-0.39, 0.29) is 5.91 Å². The highest BCUT2D eigenvalue weighted by Crippen LogP contribution is 2.00. The zero-order chi connectivity index (χ0) is 14.2. The smallest absolute Gasteiger partial charge is 0.224 e. The average molecular weight is 272 g/mol. The Morgan fingerprint density at radius 3 is 2.85 bits per heavy atom. The number of imidazole rings is 1. The lowest BCUT2D eigenvalue weighted by Gasteiger charge is -2.08. The summed E-state index contributed by atoms with van der Waals surface area (Å²) in [5.74, 6) is 1.14. The molecule has 20 heavy (non-hydrogen) atoms. The van der Waals surface area contributed by atoms with Crippen LogP contribution in [-0.2, 0) is 24.2 Å². The van der Waals surface area contributed by atoms with Gasteiger partial charge in [-0.05, 0) is 24.1 Å². The number of amides is 1. The lowest BCUT2D eigenvalue weighted by Crippen LogP contribution is -2.26. The number of carbonyl (C=O) groups excluding carboxylic acids is 1. The number of pyridine rings is 1. The second-order valence-corrected chi connectivity index (χ2v) is 4.63. The molecule has 1 amide bonds. The number of nitrogens with zero attached hydrogens (tertiary/aromatic N) is 3. The zero-order valence-electron chi connectivity index (χ0n) is 11.7. The van der Waals surface area contributed by atoms with Gasteiger partial charge in [-0.1, -0.05) is 6.92 Å². The van der Waals surface area contributed by atoms with Crippen molar-refractivity contribution >= 4 is 5.91 Å². The molecule has 0 aromatic carbocycles. The number of aryl methyl sites for hydroxylation is 2. The van der Waals surface area contributed by atoms with Crippen molar-refractivity contribution in [3.8, 4) is 0 Å². The Morgan fingerprint density at radius 2 is 2.10 bits per heavy atom.